The van der Waals surface area contributed by atoms with Crippen LogP contribution in [0.25, 0.3) is 16.8 Å². The highest BCUT2D eigenvalue weighted by molar-refractivity contribution is 5.92. The number of methoxy groups -OCH3 is 1. The number of hydrogen-bond donors (Lipinski definition) is 0. The first kappa shape index (κ1) is 9.61. The summed E-state index contributed by atoms with van der Waals surface area (Å²) in [6.45, 7) is 0. The molecule has 0 aliphatic heterocycles. The van der Waals surface area contributed by atoms with Crippen LogP contribution in [0.3, 0.4) is 0 Å². The molecule has 0 fully saturated rings. The lowest BCUT2D eigenvalue weighted by Crippen LogP contribution is -2.05. The summed E-state index contributed by atoms with van der Waals surface area (Å²) in [5.41, 5.74) is 2.62. The Kier molecular flexibility index (Phi) is 2.26. The third-order valence-electron chi connectivity index (χ3n) is 3.27. The molecule has 2 aromatic carbocycles. The van der Waals surface area contributed by atoms with Crippen LogP contribution in [0.5, 0.6) is 0 Å². The van der Waals surface area contributed by atoms with E-state index in [1.54, 1.807) is 7.11 Å². The lowest BCUT2D eigenvalue weighted by Gasteiger charge is -2.21. The lowest BCUT2D eigenvalue weighted by atomic mass is 9.90. The highest BCUT2D eigenvalue weighted by Gasteiger charge is 2.17. The van der Waals surface area contributed by atoms with Crippen molar-refractivity contribution in [1.29, 1.82) is 0 Å². The molecule has 1 aliphatic carbocycles. The number of fused-ring (bicyclic) bond motifs is 3. The van der Waals surface area contributed by atoms with Crippen LogP contribution in [0.2, 0.25) is 0 Å². The van der Waals surface area contributed by atoms with E-state index in [1.807, 2.05) is 0 Å². The van der Waals surface area contributed by atoms with Crippen molar-refractivity contribution >= 4 is 16.8 Å². The van der Waals surface area contributed by atoms with Crippen molar-refractivity contribution in [3.63, 3.8) is 0 Å². The average molecular weight is 210 g/mol. The fourth-order valence-electron chi connectivity index (χ4n) is 2.44. The topological polar surface area (TPSA) is 9.23 Å². The molecule has 1 nitrogen and oxygen atoms in total. The molecule has 1 heteroatoms. The first-order chi connectivity index (χ1) is 7.90. The molecule has 16 heavy (non-hydrogen) atoms. The third-order valence-corrected chi connectivity index (χ3v) is 3.27. The first-order valence-electron chi connectivity index (χ1n) is 5.61. The molecule has 1 unspecified atom stereocenters. The molecule has 0 radical (unpaired) electrons. The number of hydrogen-bond acceptors (Lipinski definition) is 1. The Balaban J connectivity index is 2.31. The van der Waals surface area contributed by atoms with Gasteiger partial charge in [-0.2, -0.15) is 0 Å². The molecule has 0 spiro atoms. The molecule has 0 aromatic heterocycles. The van der Waals surface area contributed by atoms with Gasteiger partial charge in [-0.3, -0.25) is 0 Å². The zero-order valence-electron chi connectivity index (χ0n) is 9.31. The summed E-state index contributed by atoms with van der Waals surface area (Å²) in [5.74, 6) is 0. The van der Waals surface area contributed by atoms with Gasteiger partial charge in [0.15, 0.2) is 0 Å². The third kappa shape index (κ3) is 1.36. The quantitative estimate of drug-likeness (QED) is 0.692. The first-order valence-corrected chi connectivity index (χ1v) is 5.61. The SMILES string of the molecule is COC1CC=Cc2c1ccc1ccccc21. The fraction of sp³-hybridized carbons (Fsp3) is 0.200. The van der Waals surface area contributed by atoms with Gasteiger partial charge in [0, 0.05) is 7.11 Å². The predicted molar refractivity (Wildman–Crippen MR) is 67.3 cm³/mol. The molecule has 0 bridgehead atoms. The molecule has 0 saturated carbocycles. The second kappa shape index (κ2) is 3.76. The van der Waals surface area contributed by atoms with E-state index in [4.69, 9.17) is 4.74 Å². The Bertz CT molecular complexity index is 554. The highest BCUT2D eigenvalue weighted by Crippen LogP contribution is 2.34. The summed E-state index contributed by atoms with van der Waals surface area (Å²) in [6, 6.07) is 12.9. The minimum absolute atomic E-state index is 0.213. The normalized spacial score (nSPS) is 18.7. The minimum Gasteiger partial charge on any atom is -0.376 e. The van der Waals surface area contributed by atoms with Gasteiger partial charge in [-0.25, -0.2) is 0 Å². The van der Waals surface area contributed by atoms with Crippen LogP contribution in [-0.2, 0) is 4.74 Å². The standard InChI is InChI=1S/C15H14O/c1-16-15-8-4-7-13-12-6-3-2-5-11(12)9-10-14(13)15/h2-7,9-10,15H,8H2,1H3. The molecule has 0 amide bonds. The van der Waals surface area contributed by atoms with Crippen LogP contribution in [0.4, 0.5) is 0 Å². The maximum Gasteiger partial charge on any atom is 0.0861 e. The largest absolute Gasteiger partial charge is 0.376 e. The molecule has 1 atom stereocenters. The fourth-order valence-corrected chi connectivity index (χ4v) is 2.44. The summed E-state index contributed by atoms with van der Waals surface area (Å²) >= 11 is 0. The van der Waals surface area contributed by atoms with Crippen LogP contribution in [0.1, 0.15) is 23.7 Å². The maximum absolute atomic E-state index is 5.52. The van der Waals surface area contributed by atoms with Crippen molar-refractivity contribution in [2.45, 2.75) is 12.5 Å². The monoisotopic (exact) mass is 210 g/mol. The molecular weight excluding hydrogens is 196 g/mol. The zero-order chi connectivity index (χ0) is 11.0. The maximum atomic E-state index is 5.52. The van der Waals surface area contributed by atoms with Gasteiger partial charge in [-0.05, 0) is 28.3 Å². The number of ether oxygens (including phenoxy) is 1. The highest BCUT2D eigenvalue weighted by atomic mass is 16.5. The van der Waals surface area contributed by atoms with Gasteiger partial charge in [0.2, 0.25) is 0 Å². The Labute approximate surface area is 95.4 Å². The van der Waals surface area contributed by atoms with Gasteiger partial charge in [0.05, 0.1) is 6.10 Å². The van der Waals surface area contributed by atoms with Crippen LogP contribution < -0.4 is 0 Å². The summed E-state index contributed by atoms with van der Waals surface area (Å²) in [6.07, 6.45) is 5.60. The van der Waals surface area contributed by atoms with Gasteiger partial charge in [-0.15, -0.1) is 0 Å². The van der Waals surface area contributed by atoms with Gasteiger partial charge >= 0.3 is 0 Å². The van der Waals surface area contributed by atoms with E-state index in [-0.39, 0.29) is 6.10 Å². The van der Waals surface area contributed by atoms with E-state index in [2.05, 4.69) is 48.6 Å². The Morgan fingerprint density at radius 3 is 2.88 bits per heavy atom. The van der Waals surface area contributed by atoms with E-state index in [9.17, 15) is 0 Å². The van der Waals surface area contributed by atoms with Gasteiger partial charge in [0.25, 0.3) is 0 Å². The van der Waals surface area contributed by atoms with Crippen molar-refractivity contribution in [2.24, 2.45) is 0 Å². The van der Waals surface area contributed by atoms with E-state index < -0.39 is 0 Å². The summed E-state index contributed by atoms with van der Waals surface area (Å²) in [4.78, 5) is 0. The Morgan fingerprint density at radius 1 is 1.12 bits per heavy atom. The molecule has 3 rings (SSSR count). The smallest absolute Gasteiger partial charge is 0.0861 e. The van der Waals surface area contributed by atoms with Crippen molar-refractivity contribution in [3.05, 3.63) is 53.6 Å². The van der Waals surface area contributed by atoms with Crippen LogP contribution in [0, 0.1) is 0 Å². The molecule has 80 valence electrons. The zero-order valence-corrected chi connectivity index (χ0v) is 9.31. The van der Waals surface area contributed by atoms with E-state index in [1.165, 1.54) is 21.9 Å². The minimum atomic E-state index is 0.213. The van der Waals surface area contributed by atoms with E-state index in [0.717, 1.165) is 6.42 Å². The van der Waals surface area contributed by atoms with Gasteiger partial charge in [-0.1, -0.05) is 48.6 Å². The summed E-state index contributed by atoms with van der Waals surface area (Å²) in [5, 5.41) is 2.61. The number of rotatable bonds is 1. The molecule has 0 saturated heterocycles. The lowest BCUT2D eigenvalue weighted by molar-refractivity contribution is 0.105. The molecular formula is C15H14O. The molecule has 2 aromatic rings. The summed E-state index contributed by atoms with van der Waals surface area (Å²) < 4.78 is 5.52. The number of benzene rings is 2. The van der Waals surface area contributed by atoms with E-state index >= 15 is 0 Å². The molecule has 0 heterocycles. The molecule has 1 aliphatic rings. The van der Waals surface area contributed by atoms with Crippen molar-refractivity contribution in [3.8, 4) is 0 Å². The van der Waals surface area contributed by atoms with E-state index in [0.29, 0.717) is 0 Å². The van der Waals surface area contributed by atoms with Gasteiger partial charge in [0.1, 0.15) is 0 Å². The average Bonchev–Trinajstić information content (AvgIpc) is 2.37. The van der Waals surface area contributed by atoms with Crippen molar-refractivity contribution in [2.75, 3.05) is 7.11 Å². The van der Waals surface area contributed by atoms with Crippen LogP contribution >= 0.6 is 0 Å². The van der Waals surface area contributed by atoms with Gasteiger partial charge < -0.3 is 4.74 Å². The Morgan fingerprint density at radius 2 is 2.00 bits per heavy atom. The predicted octanol–water partition coefficient (Wildman–Crippen LogP) is 3.94. The Hall–Kier alpha value is -1.60. The second-order valence-corrected chi connectivity index (χ2v) is 4.15. The van der Waals surface area contributed by atoms with Crippen molar-refractivity contribution in [1.82, 2.24) is 0 Å². The summed E-state index contributed by atoms with van der Waals surface area (Å²) in [7, 11) is 1.78. The van der Waals surface area contributed by atoms with Crippen LogP contribution in [-0.4, -0.2) is 7.11 Å². The van der Waals surface area contributed by atoms with Crippen LogP contribution in [0.15, 0.2) is 42.5 Å². The van der Waals surface area contributed by atoms with Crippen molar-refractivity contribution < 1.29 is 4.74 Å². The second-order valence-electron chi connectivity index (χ2n) is 4.15. The molecule has 0 N–H and O–H groups in total.